The highest BCUT2D eigenvalue weighted by Crippen LogP contribution is 2.17. The summed E-state index contributed by atoms with van der Waals surface area (Å²) in [7, 11) is 0. The number of nitrogens with zero attached hydrogens (tertiary/aromatic N) is 1. The SMILES string of the molecule is CCCCCN(CCC)c1ccc(N)cc1. The zero-order chi connectivity index (χ0) is 11.8. The molecule has 0 aliphatic carbocycles. The van der Waals surface area contributed by atoms with Crippen LogP contribution in [0.1, 0.15) is 39.5 Å². The minimum absolute atomic E-state index is 0.841. The van der Waals surface area contributed by atoms with E-state index in [4.69, 9.17) is 5.73 Å². The molecule has 0 atom stereocenters. The Hall–Kier alpha value is -1.18. The van der Waals surface area contributed by atoms with Crippen LogP contribution in [0.4, 0.5) is 11.4 Å². The molecule has 0 fully saturated rings. The van der Waals surface area contributed by atoms with Crippen molar-refractivity contribution in [3.63, 3.8) is 0 Å². The van der Waals surface area contributed by atoms with Crippen molar-refractivity contribution >= 4 is 11.4 Å². The summed E-state index contributed by atoms with van der Waals surface area (Å²) in [4.78, 5) is 2.45. The Morgan fingerprint density at radius 1 is 0.938 bits per heavy atom. The molecule has 2 N–H and O–H groups in total. The first-order valence-electron chi connectivity index (χ1n) is 6.38. The molecule has 2 nitrogen and oxygen atoms in total. The minimum Gasteiger partial charge on any atom is -0.399 e. The molecule has 0 saturated heterocycles. The van der Waals surface area contributed by atoms with Gasteiger partial charge in [0.2, 0.25) is 0 Å². The molecule has 0 bridgehead atoms. The highest BCUT2D eigenvalue weighted by molar-refractivity contribution is 5.53. The van der Waals surface area contributed by atoms with Crippen LogP contribution in [0.2, 0.25) is 0 Å². The molecular formula is C14H24N2. The molecule has 2 heteroatoms. The summed E-state index contributed by atoms with van der Waals surface area (Å²) < 4.78 is 0. The average molecular weight is 220 g/mol. The maximum atomic E-state index is 5.70. The van der Waals surface area contributed by atoms with Crippen LogP contribution in [-0.4, -0.2) is 13.1 Å². The summed E-state index contributed by atoms with van der Waals surface area (Å²) in [5.74, 6) is 0. The summed E-state index contributed by atoms with van der Waals surface area (Å²) in [6.07, 6.45) is 5.06. The maximum absolute atomic E-state index is 5.70. The predicted molar refractivity (Wildman–Crippen MR) is 72.9 cm³/mol. The van der Waals surface area contributed by atoms with Crippen LogP contribution in [0, 0.1) is 0 Å². The maximum Gasteiger partial charge on any atom is 0.0367 e. The summed E-state index contributed by atoms with van der Waals surface area (Å²) in [6, 6.07) is 8.21. The summed E-state index contributed by atoms with van der Waals surface area (Å²) in [5, 5.41) is 0. The van der Waals surface area contributed by atoms with Crippen molar-refractivity contribution < 1.29 is 0 Å². The molecule has 16 heavy (non-hydrogen) atoms. The second-order valence-corrected chi connectivity index (χ2v) is 4.29. The van der Waals surface area contributed by atoms with Gasteiger partial charge in [-0.1, -0.05) is 26.7 Å². The highest BCUT2D eigenvalue weighted by Gasteiger charge is 2.04. The lowest BCUT2D eigenvalue weighted by molar-refractivity contribution is 0.669. The zero-order valence-corrected chi connectivity index (χ0v) is 10.6. The van der Waals surface area contributed by atoms with Crippen LogP contribution in [0.25, 0.3) is 0 Å². The van der Waals surface area contributed by atoms with Gasteiger partial charge in [0.1, 0.15) is 0 Å². The second kappa shape index (κ2) is 7.15. The van der Waals surface area contributed by atoms with Crippen molar-refractivity contribution in [1.82, 2.24) is 0 Å². The van der Waals surface area contributed by atoms with Gasteiger partial charge in [0, 0.05) is 24.5 Å². The van der Waals surface area contributed by atoms with Gasteiger partial charge >= 0.3 is 0 Å². The molecule has 0 amide bonds. The summed E-state index contributed by atoms with van der Waals surface area (Å²) in [6.45, 7) is 6.76. The third kappa shape index (κ3) is 4.13. The fraction of sp³-hybridized carbons (Fsp3) is 0.571. The van der Waals surface area contributed by atoms with Crippen molar-refractivity contribution in [3.05, 3.63) is 24.3 Å². The number of rotatable bonds is 7. The van der Waals surface area contributed by atoms with Crippen molar-refractivity contribution in [1.29, 1.82) is 0 Å². The smallest absolute Gasteiger partial charge is 0.0367 e. The van der Waals surface area contributed by atoms with E-state index in [1.807, 2.05) is 12.1 Å². The number of hydrogen-bond acceptors (Lipinski definition) is 2. The first-order chi connectivity index (χ1) is 7.77. The lowest BCUT2D eigenvalue weighted by Crippen LogP contribution is -2.25. The number of anilines is 2. The Morgan fingerprint density at radius 3 is 2.19 bits per heavy atom. The van der Waals surface area contributed by atoms with E-state index in [2.05, 4.69) is 30.9 Å². The van der Waals surface area contributed by atoms with Crippen LogP contribution in [0.3, 0.4) is 0 Å². The molecule has 0 saturated carbocycles. The van der Waals surface area contributed by atoms with E-state index in [9.17, 15) is 0 Å². The molecular weight excluding hydrogens is 196 g/mol. The lowest BCUT2D eigenvalue weighted by Gasteiger charge is -2.24. The van der Waals surface area contributed by atoms with Crippen LogP contribution >= 0.6 is 0 Å². The average Bonchev–Trinajstić information content (AvgIpc) is 2.29. The topological polar surface area (TPSA) is 29.3 Å². The molecule has 0 aliphatic heterocycles. The fourth-order valence-corrected chi connectivity index (χ4v) is 1.88. The van der Waals surface area contributed by atoms with E-state index in [0.29, 0.717) is 0 Å². The lowest BCUT2D eigenvalue weighted by atomic mass is 10.2. The third-order valence-electron chi connectivity index (χ3n) is 2.78. The molecule has 0 unspecified atom stereocenters. The quantitative estimate of drug-likeness (QED) is 0.561. The zero-order valence-electron chi connectivity index (χ0n) is 10.6. The van der Waals surface area contributed by atoms with E-state index in [1.54, 1.807) is 0 Å². The van der Waals surface area contributed by atoms with Crippen LogP contribution in [-0.2, 0) is 0 Å². The van der Waals surface area contributed by atoms with Gasteiger partial charge in [-0.15, -0.1) is 0 Å². The molecule has 1 rings (SSSR count). The Labute approximate surface area is 99.5 Å². The van der Waals surface area contributed by atoms with Crippen molar-refractivity contribution in [2.45, 2.75) is 39.5 Å². The van der Waals surface area contributed by atoms with Crippen molar-refractivity contribution in [3.8, 4) is 0 Å². The monoisotopic (exact) mass is 220 g/mol. The van der Waals surface area contributed by atoms with E-state index < -0.39 is 0 Å². The Balaban J connectivity index is 2.57. The molecule has 0 radical (unpaired) electrons. The summed E-state index contributed by atoms with van der Waals surface area (Å²) >= 11 is 0. The number of benzene rings is 1. The van der Waals surface area contributed by atoms with Gasteiger partial charge in [0.15, 0.2) is 0 Å². The molecule has 90 valence electrons. The molecule has 1 aromatic rings. The molecule has 0 aromatic heterocycles. The van der Waals surface area contributed by atoms with Gasteiger partial charge < -0.3 is 10.6 Å². The van der Waals surface area contributed by atoms with Gasteiger partial charge in [-0.2, -0.15) is 0 Å². The van der Waals surface area contributed by atoms with Crippen LogP contribution in [0.5, 0.6) is 0 Å². The van der Waals surface area contributed by atoms with Crippen molar-refractivity contribution in [2.75, 3.05) is 23.7 Å². The predicted octanol–water partition coefficient (Wildman–Crippen LogP) is 3.68. The van der Waals surface area contributed by atoms with E-state index in [1.165, 1.54) is 31.4 Å². The van der Waals surface area contributed by atoms with Crippen LogP contribution in [0.15, 0.2) is 24.3 Å². The fourth-order valence-electron chi connectivity index (χ4n) is 1.88. The van der Waals surface area contributed by atoms with Gasteiger partial charge in [-0.05, 0) is 37.1 Å². The first-order valence-corrected chi connectivity index (χ1v) is 6.38. The molecule has 0 heterocycles. The standard InChI is InChI=1S/C14H24N2/c1-3-5-6-12-16(11-4-2)14-9-7-13(15)8-10-14/h7-10H,3-6,11-12,15H2,1-2H3. The normalized spacial score (nSPS) is 10.4. The van der Waals surface area contributed by atoms with E-state index >= 15 is 0 Å². The number of unbranched alkanes of at least 4 members (excludes halogenated alkanes) is 2. The highest BCUT2D eigenvalue weighted by atomic mass is 15.1. The minimum atomic E-state index is 0.841. The van der Waals surface area contributed by atoms with Gasteiger partial charge in [0.05, 0.1) is 0 Å². The number of nitrogens with two attached hydrogens (primary N) is 1. The number of hydrogen-bond donors (Lipinski definition) is 1. The van der Waals surface area contributed by atoms with Gasteiger partial charge in [0.25, 0.3) is 0 Å². The third-order valence-corrected chi connectivity index (χ3v) is 2.78. The molecule has 1 aromatic carbocycles. The van der Waals surface area contributed by atoms with E-state index in [-0.39, 0.29) is 0 Å². The second-order valence-electron chi connectivity index (χ2n) is 4.29. The first kappa shape index (κ1) is 12.9. The van der Waals surface area contributed by atoms with Gasteiger partial charge in [-0.25, -0.2) is 0 Å². The van der Waals surface area contributed by atoms with Crippen molar-refractivity contribution in [2.24, 2.45) is 0 Å². The van der Waals surface area contributed by atoms with E-state index in [0.717, 1.165) is 18.8 Å². The Morgan fingerprint density at radius 2 is 1.62 bits per heavy atom. The largest absolute Gasteiger partial charge is 0.399 e. The van der Waals surface area contributed by atoms with Gasteiger partial charge in [-0.3, -0.25) is 0 Å². The molecule has 0 aliphatic rings. The van der Waals surface area contributed by atoms with Crippen LogP contribution < -0.4 is 10.6 Å². The Bertz CT molecular complexity index is 279. The Kier molecular flexibility index (Phi) is 5.76. The molecule has 0 spiro atoms. The summed E-state index contributed by atoms with van der Waals surface area (Å²) in [5.41, 5.74) is 7.84. The number of nitrogen functional groups attached to an aromatic ring is 1.